The molecule has 0 atom stereocenters. The quantitative estimate of drug-likeness (QED) is 0.453. The van der Waals surface area contributed by atoms with Gasteiger partial charge in [-0.15, -0.1) is 11.3 Å². The summed E-state index contributed by atoms with van der Waals surface area (Å²) in [6.45, 7) is 3.78. The van der Waals surface area contributed by atoms with E-state index in [1.807, 2.05) is 24.4 Å². The Morgan fingerprint density at radius 1 is 1.17 bits per heavy atom. The van der Waals surface area contributed by atoms with E-state index in [-0.39, 0.29) is 12.5 Å². The molecule has 0 saturated heterocycles. The third-order valence-corrected chi connectivity index (χ3v) is 5.46. The molecule has 7 heteroatoms. The topological polar surface area (TPSA) is 81.4 Å². The molecule has 0 aliphatic heterocycles. The van der Waals surface area contributed by atoms with Crippen LogP contribution in [0.15, 0.2) is 63.1 Å². The van der Waals surface area contributed by atoms with Gasteiger partial charge < -0.3 is 9.15 Å². The van der Waals surface area contributed by atoms with Crippen LogP contribution in [0.2, 0.25) is 0 Å². The van der Waals surface area contributed by atoms with Gasteiger partial charge in [0.2, 0.25) is 0 Å². The van der Waals surface area contributed by atoms with Gasteiger partial charge in [-0.3, -0.25) is 10.1 Å². The largest absolute Gasteiger partial charge is 0.484 e. The van der Waals surface area contributed by atoms with E-state index in [1.54, 1.807) is 18.2 Å². The van der Waals surface area contributed by atoms with E-state index in [9.17, 15) is 9.59 Å². The zero-order valence-corrected chi connectivity index (χ0v) is 17.4. The minimum Gasteiger partial charge on any atom is -0.484 e. The first-order valence-electron chi connectivity index (χ1n) is 9.54. The van der Waals surface area contributed by atoms with E-state index in [0.29, 0.717) is 16.5 Å². The molecule has 0 saturated carbocycles. The lowest BCUT2D eigenvalue weighted by Gasteiger charge is -2.07. The van der Waals surface area contributed by atoms with Crippen molar-refractivity contribution in [3.8, 4) is 17.0 Å². The van der Waals surface area contributed by atoms with Crippen LogP contribution in [0.1, 0.15) is 18.1 Å². The summed E-state index contributed by atoms with van der Waals surface area (Å²) in [5, 5.41) is 6.00. The fourth-order valence-corrected chi connectivity index (χ4v) is 3.81. The van der Waals surface area contributed by atoms with Crippen LogP contribution in [0, 0.1) is 6.92 Å². The predicted octanol–water partition coefficient (Wildman–Crippen LogP) is 4.80. The third kappa shape index (κ3) is 4.41. The Kier molecular flexibility index (Phi) is 5.63. The molecule has 0 aliphatic rings. The number of thiazole rings is 1. The van der Waals surface area contributed by atoms with Gasteiger partial charge in [-0.1, -0.05) is 31.2 Å². The van der Waals surface area contributed by atoms with Gasteiger partial charge in [0.05, 0.1) is 5.69 Å². The van der Waals surface area contributed by atoms with Crippen molar-refractivity contribution in [2.24, 2.45) is 0 Å². The second-order valence-electron chi connectivity index (χ2n) is 6.83. The molecule has 2 aromatic heterocycles. The van der Waals surface area contributed by atoms with Crippen LogP contribution in [0.4, 0.5) is 5.13 Å². The summed E-state index contributed by atoms with van der Waals surface area (Å²) < 4.78 is 10.7. The molecule has 4 aromatic rings. The highest BCUT2D eigenvalue weighted by Crippen LogP contribution is 2.26. The van der Waals surface area contributed by atoms with Crippen LogP contribution < -0.4 is 15.7 Å². The molecule has 0 unspecified atom stereocenters. The van der Waals surface area contributed by atoms with E-state index in [0.717, 1.165) is 28.6 Å². The van der Waals surface area contributed by atoms with E-state index in [1.165, 1.54) is 23.0 Å². The number of aryl methyl sites for hydroxylation is 2. The molecule has 0 aliphatic carbocycles. The Hall–Kier alpha value is -3.45. The molecule has 0 radical (unpaired) electrons. The van der Waals surface area contributed by atoms with E-state index in [2.05, 4.69) is 29.4 Å². The second-order valence-corrected chi connectivity index (χ2v) is 7.69. The van der Waals surface area contributed by atoms with Crippen molar-refractivity contribution in [1.82, 2.24) is 4.98 Å². The lowest BCUT2D eigenvalue weighted by Crippen LogP contribution is -2.20. The summed E-state index contributed by atoms with van der Waals surface area (Å²) in [4.78, 5) is 28.3. The fraction of sp³-hybridized carbons (Fsp3) is 0.174. The number of nitrogens with one attached hydrogen (secondary N) is 1. The number of rotatable bonds is 6. The van der Waals surface area contributed by atoms with Crippen molar-refractivity contribution in [2.75, 3.05) is 11.9 Å². The van der Waals surface area contributed by atoms with Gasteiger partial charge in [-0.05, 0) is 36.6 Å². The number of carbonyl (C=O) groups is 1. The normalized spacial score (nSPS) is 10.9. The average molecular weight is 420 g/mol. The van der Waals surface area contributed by atoms with Crippen LogP contribution in [0.5, 0.6) is 5.75 Å². The van der Waals surface area contributed by atoms with Crippen LogP contribution in [-0.2, 0) is 11.2 Å². The van der Waals surface area contributed by atoms with Gasteiger partial charge in [-0.25, -0.2) is 9.78 Å². The summed E-state index contributed by atoms with van der Waals surface area (Å²) in [5.74, 6) is 0.130. The maximum Gasteiger partial charge on any atom is 0.336 e. The number of aromatic nitrogens is 1. The number of fused-ring (bicyclic) bond motifs is 1. The monoisotopic (exact) mass is 420 g/mol. The highest BCUT2D eigenvalue weighted by molar-refractivity contribution is 7.14. The molecular formula is C23H20N2O4S. The Labute approximate surface area is 177 Å². The van der Waals surface area contributed by atoms with Crippen molar-refractivity contribution in [3.63, 3.8) is 0 Å². The lowest BCUT2D eigenvalue weighted by atomic mass is 10.1. The zero-order valence-electron chi connectivity index (χ0n) is 16.6. The molecule has 1 amide bonds. The van der Waals surface area contributed by atoms with Crippen molar-refractivity contribution in [1.29, 1.82) is 0 Å². The van der Waals surface area contributed by atoms with Gasteiger partial charge >= 0.3 is 5.63 Å². The van der Waals surface area contributed by atoms with Crippen molar-refractivity contribution in [3.05, 3.63) is 75.5 Å². The number of anilines is 1. The summed E-state index contributed by atoms with van der Waals surface area (Å²) >= 11 is 1.36. The van der Waals surface area contributed by atoms with E-state index >= 15 is 0 Å². The van der Waals surface area contributed by atoms with Gasteiger partial charge in [-0.2, -0.15) is 0 Å². The lowest BCUT2D eigenvalue weighted by molar-refractivity contribution is -0.118. The SMILES string of the molecule is CCc1ccc(-c2csc(NC(=O)COc3ccc4c(C)cc(=O)oc4c3)n2)cc1. The molecule has 1 N–H and O–H groups in total. The standard InChI is InChI=1S/C23H20N2O4S/c1-3-15-4-6-16(7-5-15)19-13-30-23(24-19)25-21(26)12-28-17-8-9-18-14(2)10-22(27)29-20(18)11-17/h4-11,13H,3,12H2,1-2H3,(H,24,25,26). The number of hydrogen-bond donors (Lipinski definition) is 1. The van der Waals surface area contributed by atoms with Gasteiger partial charge in [0.1, 0.15) is 11.3 Å². The van der Waals surface area contributed by atoms with Gasteiger partial charge in [0.15, 0.2) is 11.7 Å². The zero-order chi connectivity index (χ0) is 21.1. The van der Waals surface area contributed by atoms with Crippen molar-refractivity contribution in [2.45, 2.75) is 20.3 Å². The molecule has 2 aromatic carbocycles. The van der Waals surface area contributed by atoms with Crippen LogP contribution in [-0.4, -0.2) is 17.5 Å². The Balaban J connectivity index is 1.39. The Bertz CT molecular complexity index is 1260. The van der Waals surface area contributed by atoms with Crippen molar-refractivity contribution < 1.29 is 13.9 Å². The van der Waals surface area contributed by atoms with Gasteiger partial charge in [0, 0.05) is 28.5 Å². The smallest absolute Gasteiger partial charge is 0.336 e. The number of ether oxygens (including phenoxy) is 1. The van der Waals surface area contributed by atoms with E-state index < -0.39 is 5.63 Å². The van der Waals surface area contributed by atoms with Crippen LogP contribution >= 0.6 is 11.3 Å². The first kappa shape index (κ1) is 19.8. The summed E-state index contributed by atoms with van der Waals surface area (Å²) in [5.41, 5.74) is 3.93. The summed E-state index contributed by atoms with van der Waals surface area (Å²) in [6.07, 6.45) is 0.988. The molecule has 4 rings (SSSR count). The number of benzene rings is 2. The first-order chi connectivity index (χ1) is 14.5. The summed E-state index contributed by atoms with van der Waals surface area (Å²) in [7, 11) is 0. The minimum absolute atomic E-state index is 0.179. The number of carbonyl (C=O) groups excluding carboxylic acids is 1. The Morgan fingerprint density at radius 2 is 1.97 bits per heavy atom. The average Bonchev–Trinajstić information content (AvgIpc) is 3.20. The highest BCUT2D eigenvalue weighted by atomic mass is 32.1. The molecule has 0 bridgehead atoms. The maximum atomic E-state index is 12.2. The molecule has 30 heavy (non-hydrogen) atoms. The maximum absolute atomic E-state index is 12.2. The highest BCUT2D eigenvalue weighted by Gasteiger charge is 2.10. The second kappa shape index (κ2) is 8.51. The minimum atomic E-state index is -0.418. The number of nitrogens with zero attached hydrogens (tertiary/aromatic N) is 1. The third-order valence-electron chi connectivity index (χ3n) is 4.70. The Morgan fingerprint density at radius 3 is 2.73 bits per heavy atom. The molecule has 6 nitrogen and oxygen atoms in total. The number of amides is 1. The number of hydrogen-bond acceptors (Lipinski definition) is 6. The molecular weight excluding hydrogens is 400 g/mol. The first-order valence-corrected chi connectivity index (χ1v) is 10.4. The summed E-state index contributed by atoms with van der Waals surface area (Å²) in [6, 6.07) is 14.8. The molecule has 152 valence electrons. The molecule has 2 heterocycles. The van der Waals surface area contributed by atoms with Crippen molar-refractivity contribution >= 4 is 33.3 Å². The van der Waals surface area contributed by atoms with Crippen LogP contribution in [0.3, 0.4) is 0 Å². The molecule has 0 spiro atoms. The van der Waals surface area contributed by atoms with Crippen LogP contribution in [0.25, 0.3) is 22.2 Å². The fourth-order valence-electron chi connectivity index (χ4n) is 3.07. The molecule has 0 fully saturated rings. The van der Waals surface area contributed by atoms with Gasteiger partial charge in [0.25, 0.3) is 5.91 Å². The predicted molar refractivity (Wildman–Crippen MR) is 118 cm³/mol. The van der Waals surface area contributed by atoms with E-state index in [4.69, 9.17) is 9.15 Å².